The van der Waals surface area contributed by atoms with E-state index in [4.69, 9.17) is 0 Å². The predicted molar refractivity (Wildman–Crippen MR) is 83.3 cm³/mol. The van der Waals surface area contributed by atoms with Gasteiger partial charge in [-0.3, -0.25) is 4.79 Å². The Morgan fingerprint density at radius 3 is 2.10 bits per heavy atom. The summed E-state index contributed by atoms with van der Waals surface area (Å²) in [5.41, 5.74) is -0.821. The minimum Gasteiger partial charge on any atom is -0.355 e. The topological polar surface area (TPSA) is 56.1 Å². The molecule has 0 aromatic rings. The highest BCUT2D eigenvalue weighted by Crippen LogP contribution is 2.29. The lowest BCUT2D eigenvalue weighted by Gasteiger charge is -2.25. The van der Waals surface area contributed by atoms with Crippen LogP contribution in [-0.4, -0.2) is 37.0 Å². The van der Waals surface area contributed by atoms with E-state index in [0.717, 1.165) is 38.9 Å². The molecule has 0 aliphatic carbocycles. The second kappa shape index (κ2) is 10.7. The Hall–Kier alpha value is -1.08. The largest absolute Gasteiger partial charge is 0.355 e. The van der Waals surface area contributed by atoms with Crippen LogP contribution in [0.5, 0.6) is 0 Å². The number of nitriles is 1. The molecule has 0 radical (unpaired) electrons. The van der Waals surface area contributed by atoms with E-state index in [2.05, 4.69) is 30.1 Å². The van der Waals surface area contributed by atoms with Crippen LogP contribution in [0.25, 0.3) is 0 Å². The summed E-state index contributed by atoms with van der Waals surface area (Å²) in [7, 11) is 0. The summed E-state index contributed by atoms with van der Waals surface area (Å²) in [6, 6.07) is 2.27. The summed E-state index contributed by atoms with van der Waals surface area (Å²) in [5, 5.41) is 12.4. The second-order valence-electron chi connectivity index (χ2n) is 5.33. The van der Waals surface area contributed by atoms with Gasteiger partial charge in [-0.15, -0.1) is 0 Å². The molecule has 4 nitrogen and oxygen atoms in total. The van der Waals surface area contributed by atoms with Crippen molar-refractivity contribution in [2.24, 2.45) is 5.41 Å². The number of carbonyl (C=O) groups is 1. The van der Waals surface area contributed by atoms with E-state index in [0.29, 0.717) is 19.4 Å². The molecule has 0 aromatic heterocycles. The first-order chi connectivity index (χ1) is 9.60. The summed E-state index contributed by atoms with van der Waals surface area (Å²) >= 11 is 0. The smallest absolute Gasteiger partial charge is 0.240 e. The van der Waals surface area contributed by atoms with Gasteiger partial charge < -0.3 is 10.2 Å². The van der Waals surface area contributed by atoms with Crippen molar-refractivity contribution in [1.29, 1.82) is 5.26 Å². The Labute approximate surface area is 124 Å². The fourth-order valence-corrected chi connectivity index (χ4v) is 2.58. The normalized spacial score (nSPS) is 11.4. The summed E-state index contributed by atoms with van der Waals surface area (Å²) in [5.74, 6) is -0.0803. The van der Waals surface area contributed by atoms with Gasteiger partial charge in [-0.05, 0) is 38.9 Å². The number of rotatable bonds is 11. The maximum Gasteiger partial charge on any atom is 0.240 e. The molecule has 0 rings (SSSR count). The zero-order valence-corrected chi connectivity index (χ0v) is 13.7. The Morgan fingerprint density at radius 2 is 1.70 bits per heavy atom. The molecule has 0 heterocycles. The van der Waals surface area contributed by atoms with Crippen LogP contribution < -0.4 is 5.32 Å². The van der Waals surface area contributed by atoms with Gasteiger partial charge >= 0.3 is 0 Å². The van der Waals surface area contributed by atoms with E-state index in [1.165, 1.54) is 0 Å². The SMILES string of the molecule is CCCC(C#N)(CCC)C(=O)NCCCN(CC)CC. The Balaban J connectivity index is 4.31. The van der Waals surface area contributed by atoms with Crippen LogP contribution in [0.1, 0.15) is 59.8 Å². The Kier molecular flexibility index (Phi) is 10.1. The maximum absolute atomic E-state index is 12.3. The van der Waals surface area contributed by atoms with Crippen molar-refractivity contribution < 1.29 is 4.79 Å². The molecule has 116 valence electrons. The van der Waals surface area contributed by atoms with Crippen LogP contribution in [0.4, 0.5) is 0 Å². The highest BCUT2D eigenvalue weighted by atomic mass is 16.2. The van der Waals surface area contributed by atoms with Crippen LogP contribution in [0.2, 0.25) is 0 Å². The molecular formula is C16H31N3O. The molecule has 0 aliphatic heterocycles. The van der Waals surface area contributed by atoms with Crippen molar-refractivity contribution in [2.75, 3.05) is 26.2 Å². The average Bonchev–Trinajstić information content (AvgIpc) is 2.46. The molecule has 0 spiro atoms. The van der Waals surface area contributed by atoms with Crippen molar-refractivity contribution in [3.63, 3.8) is 0 Å². The molecular weight excluding hydrogens is 250 g/mol. The number of hydrogen-bond acceptors (Lipinski definition) is 3. The predicted octanol–water partition coefficient (Wildman–Crippen LogP) is 2.94. The first-order valence-corrected chi connectivity index (χ1v) is 8.02. The van der Waals surface area contributed by atoms with Gasteiger partial charge in [0.05, 0.1) is 6.07 Å². The second-order valence-corrected chi connectivity index (χ2v) is 5.33. The monoisotopic (exact) mass is 281 g/mol. The third-order valence-electron chi connectivity index (χ3n) is 3.83. The molecule has 20 heavy (non-hydrogen) atoms. The lowest BCUT2D eigenvalue weighted by atomic mass is 9.80. The van der Waals surface area contributed by atoms with Crippen molar-refractivity contribution in [2.45, 2.75) is 59.8 Å². The third-order valence-corrected chi connectivity index (χ3v) is 3.83. The average molecular weight is 281 g/mol. The van der Waals surface area contributed by atoms with Gasteiger partial charge in [-0.25, -0.2) is 0 Å². The molecule has 4 heteroatoms. The molecule has 0 unspecified atom stereocenters. The van der Waals surface area contributed by atoms with Gasteiger partial charge in [0.25, 0.3) is 0 Å². The molecule has 1 amide bonds. The van der Waals surface area contributed by atoms with Crippen molar-refractivity contribution in [3.05, 3.63) is 0 Å². The number of nitrogens with one attached hydrogen (secondary N) is 1. The molecule has 0 aliphatic rings. The van der Waals surface area contributed by atoms with Gasteiger partial charge in [0.1, 0.15) is 5.41 Å². The highest BCUT2D eigenvalue weighted by molar-refractivity contribution is 5.85. The number of carbonyl (C=O) groups excluding carboxylic acids is 1. The highest BCUT2D eigenvalue weighted by Gasteiger charge is 2.36. The van der Waals surface area contributed by atoms with E-state index in [-0.39, 0.29) is 5.91 Å². The molecule has 0 saturated carbocycles. The van der Waals surface area contributed by atoms with E-state index < -0.39 is 5.41 Å². The quantitative estimate of drug-likeness (QED) is 0.592. The van der Waals surface area contributed by atoms with E-state index >= 15 is 0 Å². The van der Waals surface area contributed by atoms with Gasteiger partial charge in [0.15, 0.2) is 0 Å². The van der Waals surface area contributed by atoms with Crippen molar-refractivity contribution in [3.8, 4) is 6.07 Å². The molecule has 0 saturated heterocycles. The lowest BCUT2D eigenvalue weighted by Crippen LogP contribution is -2.41. The number of nitrogens with zero attached hydrogens (tertiary/aromatic N) is 2. The summed E-state index contributed by atoms with van der Waals surface area (Å²) in [4.78, 5) is 14.6. The summed E-state index contributed by atoms with van der Waals surface area (Å²) < 4.78 is 0. The molecule has 0 atom stereocenters. The van der Waals surface area contributed by atoms with Gasteiger partial charge in [0.2, 0.25) is 5.91 Å². The zero-order chi connectivity index (χ0) is 15.4. The van der Waals surface area contributed by atoms with Crippen LogP contribution in [0.15, 0.2) is 0 Å². The van der Waals surface area contributed by atoms with Crippen LogP contribution >= 0.6 is 0 Å². The van der Waals surface area contributed by atoms with E-state index in [1.807, 2.05) is 13.8 Å². The van der Waals surface area contributed by atoms with Gasteiger partial charge in [-0.2, -0.15) is 5.26 Å². The summed E-state index contributed by atoms with van der Waals surface area (Å²) in [6.07, 6.45) is 3.96. The lowest BCUT2D eigenvalue weighted by molar-refractivity contribution is -0.128. The van der Waals surface area contributed by atoms with Crippen molar-refractivity contribution in [1.82, 2.24) is 10.2 Å². The van der Waals surface area contributed by atoms with E-state index in [9.17, 15) is 10.1 Å². The Bertz CT molecular complexity index is 299. The van der Waals surface area contributed by atoms with Gasteiger partial charge in [0, 0.05) is 6.54 Å². The summed E-state index contributed by atoms with van der Waals surface area (Å²) in [6.45, 7) is 12.1. The Morgan fingerprint density at radius 1 is 1.15 bits per heavy atom. The number of amides is 1. The molecule has 0 bridgehead atoms. The van der Waals surface area contributed by atoms with E-state index in [1.54, 1.807) is 0 Å². The number of hydrogen-bond donors (Lipinski definition) is 1. The zero-order valence-electron chi connectivity index (χ0n) is 13.7. The van der Waals surface area contributed by atoms with Crippen LogP contribution in [0.3, 0.4) is 0 Å². The fraction of sp³-hybridized carbons (Fsp3) is 0.875. The molecule has 0 fully saturated rings. The van der Waals surface area contributed by atoms with Crippen LogP contribution in [-0.2, 0) is 4.79 Å². The fourth-order valence-electron chi connectivity index (χ4n) is 2.58. The first-order valence-electron chi connectivity index (χ1n) is 8.02. The maximum atomic E-state index is 12.3. The standard InChI is InChI=1S/C16H31N3O/c1-5-10-16(14-17,11-6-2)15(20)18-12-9-13-19(7-3)8-4/h5-13H2,1-4H3,(H,18,20). The van der Waals surface area contributed by atoms with Crippen LogP contribution in [0, 0.1) is 16.7 Å². The minimum absolute atomic E-state index is 0.0803. The van der Waals surface area contributed by atoms with Crippen molar-refractivity contribution >= 4 is 5.91 Å². The van der Waals surface area contributed by atoms with Gasteiger partial charge in [-0.1, -0.05) is 40.5 Å². The first kappa shape index (κ1) is 18.9. The molecule has 1 N–H and O–H groups in total. The molecule has 0 aromatic carbocycles. The third kappa shape index (κ3) is 5.92. The minimum atomic E-state index is -0.821.